The molecule has 0 saturated heterocycles. The summed E-state index contributed by atoms with van der Waals surface area (Å²) in [6.45, 7) is 8.55. The van der Waals surface area contributed by atoms with Crippen LogP contribution in [-0.4, -0.2) is 11.7 Å². The maximum absolute atomic E-state index is 9.01. The fraction of sp³-hybridized carbons (Fsp3) is 0.353. The first kappa shape index (κ1) is 14.5. The standard InChI is InChI=1S/C17H22O/c1-14(12-13-18)16(17(2,3)4)11-10-15-8-6-5-7-9-15/h5-10,12,18H,13H2,1-4H3/b14-12-. The molecule has 0 atom stereocenters. The molecule has 0 aromatic heterocycles. The quantitative estimate of drug-likeness (QED) is 0.622. The van der Waals surface area contributed by atoms with Gasteiger partial charge in [-0.3, -0.25) is 0 Å². The predicted molar refractivity (Wildman–Crippen MR) is 78.2 cm³/mol. The molecule has 1 N–H and O–H groups in total. The SMILES string of the molecule is C/C(=C/CO)C(=C=Cc1ccccc1)C(C)(C)C. The molecule has 0 bridgehead atoms. The fourth-order valence-corrected chi connectivity index (χ4v) is 1.87. The van der Waals surface area contributed by atoms with Crippen molar-refractivity contribution in [3.05, 3.63) is 58.8 Å². The molecule has 0 aliphatic rings. The highest BCUT2D eigenvalue weighted by Crippen LogP contribution is 2.30. The first-order chi connectivity index (χ1) is 8.45. The third-order valence-electron chi connectivity index (χ3n) is 2.72. The maximum atomic E-state index is 9.01. The first-order valence-corrected chi connectivity index (χ1v) is 6.25. The fourth-order valence-electron chi connectivity index (χ4n) is 1.87. The molecule has 0 radical (unpaired) electrons. The van der Waals surface area contributed by atoms with E-state index in [2.05, 4.69) is 38.6 Å². The second-order valence-electron chi connectivity index (χ2n) is 5.39. The van der Waals surface area contributed by atoms with E-state index in [1.807, 2.05) is 37.3 Å². The minimum Gasteiger partial charge on any atom is -0.392 e. The highest BCUT2D eigenvalue weighted by atomic mass is 16.2. The molecular weight excluding hydrogens is 220 g/mol. The molecule has 0 amide bonds. The van der Waals surface area contributed by atoms with Crippen LogP contribution in [0.2, 0.25) is 0 Å². The zero-order chi connectivity index (χ0) is 13.6. The van der Waals surface area contributed by atoms with Gasteiger partial charge in [-0.2, -0.15) is 0 Å². The van der Waals surface area contributed by atoms with Gasteiger partial charge in [-0.25, -0.2) is 0 Å². The molecule has 96 valence electrons. The number of aliphatic hydroxyl groups is 1. The Hall–Kier alpha value is -1.56. The Bertz CT molecular complexity index is 466. The molecular formula is C17H22O. The van der Waals surface area contributed by atoms with Gasteiger partial charge in [0.2, 0.25) is 0 Å². The summed E-state index contributed by atoms with van der Waals surface area (Å²) in [5, 5.41) is 9.01. The van der Waals surface area contributed by atoms with Gasteiger partial charge in [0.25, 0.3) is 0 Å². The Morgan fingerprint density at radius 2 is 1.83 bits per heavy atom. The molecule has 0 aliphatic heterocycles. The molecule has 0 heterocycles. The van der Waals surface area contributed by atoms with Crippen molar-refractivity contribution in [1.29, 1.82) is 0 Å². The predicted octanol–water partition coefficient (Wildman–Crippen LogP) is 4.21. The number of aliphatic hydroxyl groups excluding tert-OH is 1. The Kier molecular flexibility index (Phi) is 5.15. The third kappa shape index (κ3) is 4.37. The average molecular weight is 242 g/mol. The lowest BCUT2D eigenvalue weighted by Crippen LogP contribution is -2.10. The van der Waals surface area contributed by atoms with Crippen LogP contribution in [0.4, 0.5) is 0 Å². The van der Waals surface area contributed by atoms with Crippen LogP contribution in [0.1, 0.15) is 33.3 Å². The van der Waals surface area contributed by atoms with Crippen molar-refractivity contribution in [2.45, 2.75) is 27.7 Å². The molecule has 0 saturated carbocycles. The number of allylic oxidation sites excluding steroid dienone is 2. The summed E-state index contributed by atoms with van der Waals surface area (Å²) < 4.78 is 0. The number of rotatable bonds is 3. The molecule has 1 aromatic carbocycles. The van der Waals surface area contributed by atoms with Crippen LogP contribution in [0.3, 0.4) is 0 Å². The molecule has 1 aromatic rings. The van der Waals surface area contributed by atoms with E-state index in [1.165, 1.54) is 0 Å². The molecule has 0 aliphatic carbocycles. The summed E-state index contributed by atoms with van der Waals surface area (Å²) in [4.78, 5) is 0. The van der Waals surface area contributed by atoms with Crippen molar-refractivity contribution in [2.24, 2.45) is 5.41 Å². The van der Waals surface area contributed by atoms with E-state index >= 15 is 0 Å². The summed E-state index contributed by atoms with van der Waals surface area (Å²) in [6.07, 6.45) is 3.82. The maximum Gasteiger partial charge on any atom is 0.0618 e. The van der Waals surface area contributed by atoms with Gasteiger partial charge in [0.05, 0.1) is 6.61 Å². The molecule has 0 unspecified atom stereocenters. The van der Waals surface area contributed by atoms with Crippen LogP contribution >= 0.6 is 0 Å². The highest BCUT2D eigenvalue weighted by Gasteiger charge is 2.17. The summed E-state index contributed by atoms with van der Waals surface area (Å²) in [7, 11) is 0. The minimum atomic E-state index is 0.0149. The first-order valence-electron chi connectivity index (χ1n) is 6.25. The molecule has 18 heavy (non-hydrogen) atoms. The van der Waals surface area contributed by atoms with Gasteiger partial charge in [-0.1, -0.05) is 57.2 Å². The topological polar surface area (TPSA) is 20.2 Å². The second kappa shape index (κ2) is 6.39. The number of benzene rings is 1. The van der Waals surface area contributed by atoms with Crippen LogP contribution in [0, 0.1) is 5.41 Å². The lowest BCUT2D eigenvalue weighted by molar-refractivity contribution is 0.341. The van der Waals surface area contributed by atoms with Crippen molar-refractivity contribution in [3.8, 4) is 0 Å². The van der Waals surface area contributed by atoms with Gasteiger partial charge in [0.1, 0.15) is 0 Å². The monoisotopic (exact) mass is 242 g/mol. The summed E-state index contributed by atoms with van der Waals surface area (Å²) in [5.41, 5.74) is 6.73. The van der Waals surface area contributed by atoms with Crippen molar-refractivity contribution >= 4 is 6.08 Å². The van der Waals surface area contributed by atoms with Crippen LogP contribution < -0.4 is 0 Å². The zero-order valence-corrected chi connectivity index (χ0v) is 11.7. The normalized spacial score (nSPS) is 11.9. The van der Waals surface area contributed by atoms with E-state index in [0.29, 0.717) is 0 Å². The van der Waals surface area contributed by atoms with Crippen LogP contribution in [0.5, 0.6) is 0 Å². The van der Waals surface area contributed by atoms with Gasteiger partial charge < -0.3 is 5.11 Å². The van der Waals surface area contributed by atoms with E-state index < -0.39 is 0 Å². The van der Waals surface area contributed by atoms with E-state index in [1.54, 1.807) is 0 Å². The van der Waals surface area contributed by atoms with E-state index in [9.17, 15) is 0 Å². The zero-order valence-electron chi connectivity index (χ0n) is 11.7. The van der Waals surface area contributed by atoms with Crippen LogP contribution in [-0.2, 0) is 0 Å². The molecule has 0 fully saturated rings. The van der Waals surface area contributed by atoms with Crippen molar-refractivity contribution in [2.75, 3.05) is 6.61 Å². The lowest BCUT2D eigenvalue weighted by Gasteiger charge is -2.21. The third-order valence-corrected chi connectivity index (χ3v) is 2.72. The molecule has 1 heteroatoms. The van der Waals surface area contributed by atoms with Crippen molar-refractivity contribution in [1.82, 2.24) is 0 Å². The van der Waals surface area contributed by atoms with Gasteiger partial charge >= 0.3 is 0 Å². The van der Waals surface area contributed by atoms with Crippen molar-refractivity contribution < 1.29 is 5.11 Å². The Morgan fingerprint density at radius 1 is 1.22 bits per heavy atom. The van der Waals surface area contributed by atoms with E-state index in [4.69, 9.17) is 5.11 Å². The van der Waals surface area contributed by atoms with E-state index in [-0.39, 0.29) is 12.0 Å². The summed E-state index contributed by atoms with van der Waals surface area (Å²) in [5.74, 6) is 0. The lowest BCUT2D eigenvalue weighted by atomic mass is 9.82. The Morgan fingerprint density at radius 3 is 2.33 bits per heavy atom. The number of hydrogen-bond donors (Lipinski definition) is 1. The van der Waals surface area contributed by atoms with Gasteiger partial charge in [0, 0.05) is 5.57 Å². The molecule has 1 rings (SSSR count). The largest absolute Gasteiger partial charge is 0.392 e. The van der Waals surface area contributed by atoms with Crippen LogP contribution in [0.25, 0.3) is 6.08 Å². The molecule has 1 nitrogen and oxygen atoms in total. The summed E-state index contributed by atoms with van der Waals surface area (Å²) in [6, 6.07) is 10.1. The smallest absolute Gasteiger partial charge is 0.0618 e. The Balaban J connectivity index is 3.20. The second-order valence-corrected chi connectivity index (χ2v) is 5.39. The highest BCUT2D eigenvalue weighted by molar-refractivity contribution is 5.51. The summed E-state index contributed by atoms with van der Waals surface area (Å²) >= 11 is 0. The van der Waals surface area contributed by atoms with Gasteiger partial charge in [-0.15, -0.1) is 5.73 Å². The van der Waals surface area contributed by atoms with Crippen LogP contribution in [0.15, 0.2) is 53.3 Å². The Labute approximate surface area is 110 Å². The van der Waals surface area contributed by atoms with E-state index in [0.717, 1.165) is 16.7 Å². The van der Waals surface area contributed by atoms with Crippen molar-refractivity contribution in [3.63, 3.8) is 0 Å². The number of hydrogen-bond acceptors (Lipinski definition) is 1. The molecule has 0 spiro atoms. The minimum absolute atomic E-state index is 0.0149. The average Bonchev–Trinajstić information content (AvgIpc) is 2.29. The van der Waals surface area contributed by atoms with Gasteiger partial charge in [0.15, 0.2) is 0 Å². The van der Waals surface area contributed by atoms with Gasteiger partial charge in [-0.05, 0) is 29.6 Å².